The van der Waals surface area contributed by atoms with Crippen molar-refractivity contribution < 1.29 is 4.79 Å². The van der Waals surface area contributed by atoms with Crippen LogP contribution in [0.25, 0.3) is 0 Å². The van der Waals surface area contributed by atoms with E-state index in [1.165, 1.54) is 4.88 Å². The molecule has 0 saturated carbocycles. The van der Waals surface area contributed by atoms with Crippen molar-refractivity contribution in [3.05, 3.63) is 22.4 Å². The highest BCUT2D eigenvalue weighted by Gasteiger charge is 2.27. The zero-order valence-corrected chi connectivity index (χ0v) is 11.6. The van der Waals surface area contributed by atoms with Crippen LogP contribution < -0.4 is 11.1 Å². The third kappa shape index (κ3) is 3.80. The summed E-state index contributed by atoms with van der Waals surface area (Å²) in [5.41, 5.74) is 5.94. The molecule has 18 heavy (non-hydrogen) atoms. The standard InChI is InChI=1S/C13H21N3OS/c1-10-7-16(8-12(10)14)9-13(17)15-5-4-11-3-2-6-18-11/h2-3,6,10,12H,4-5,7-9,14H2,1H3,(H,15,17). The normalized spacial score (nSPS) is 24.3. The van der Waals surface area contributed by atoms with Crippen molar-refractivity contribution in [3.63, 3.8) is 0 Å². The second kappa shape index (κ2) is 6.31. The molecule has 2 heterocycles. The Morgan fingerprint density at radius 3 is 3.06 bits per heavy atom. The van der Waals surface area contributed by atoms with Crippen molar-refractivity contribution in [1.29, 1.82) is 0 Å². The van der Waals surface area contributed by atoms with Gasteiger partial charge in [0.05, 0.1) is 6.54 Å². The van der Waals surface area contributed by atoms with E-state index in [4.69, 9.17) is 5.73 Å². The average molecular weight is 267 g/mol. The van der Waals surface area contributed by atoms with Crippen LogP contribution in [-0.2, 0) is 11.2 Å². The summed E-state index contributed by atoms with van der Waals surface area (Å²) < 4.78 is 0. The van der Waals surface area contributed by atoms with Gasteiger partial charge in [-0.15, -0.1) is 11.3 Å². The molecule has 4 nitrogen and oxygen atoms in total. The fourth-order valence-electron chi connectivity index (χ4n) is 2.26. The minimum atomic E-state index is 0.104. The Balaban J connectivity index is 1.63. The fourth-order valence-corrected chi connectivity index (χ4v) is 2.97. The third-order valence-electron chi connectivity index (χ3n) is 3.39. The second-order valence-corrected chi connectivity index (χ2v) is 6.05. The van der Waals surface area contributed by atoms with E-state index in [-0.39, 0.29) is 11.9 Å². The van der Waals surface area contributed by atoms with Crippen LogP contribution in [0.4, 0.5) is 0 Å². The zero-order valence-electron chi connectivity index (χ0n) is 10.8. The molecule has 2 unspecified atom stereocenters. The summed E-state index contributed by atoms with van der Waals surface area (Å²) in [7, 11) is 0. The second-order valence-electron chi connectivity index (χ2n) is 5.01. The number of nitrogens with two attached hydrogens (primary N) is 1. The SMILES string of the molecule is CC1CN(CC(=O)NCCc2cccs2)CC1N. The van der Waals surface area contributed by atoms with Crippen molar-refractivity contribution in [3.8, 4) is 0 Å². The summed E-state index contributed by atoms with van der Waals surface area (Å²) in [6.07, 6.45) is 0.916. The lowest BCUT2D eigenvalue weighted by Crippen LogP contribution is -2.38. The number of carbonyl (C=O) groups excluding carboxylic acids is 1. The highest BCUT2D eigenvalue weighted by molar-refractivity contribution is 7.09. The van der Waals surface area contributed by atoms with Gasteiger partial charge in [0, 0.05) is 30.6 Å². The number of carbonyl (C=O) groups is 1. The number of likely N-dealkylation sites (tertiary alicyclic amines) is 1. The molecule has 1 aromatic heterocycles. The van der Waals surface area contributed by atoms with Crippen molar-refractivity contribution in [2.75, 3.05) is 26.2 Å². The summed E-state index contributed by atoms with van der Waals surface area (Å²) >= 11 is 1.73. The smallest absolute Gasteiger partial charge is 0.234 e. The third-order valence-corrected chi connectivity index (χ3v) is 4.32. The molecule has 3 N–H and O–H groups in total. The molecule has 5 heteroatoms. The van der Waals surface area contributed by atoms with Gasteiger partial charge in [-0.1, -0.05) is 13.0 Å². The van der Waals surface area contributed by atoms with Crippen molar-refractivity contribution in [2.45, 2.75) is 19.4 Å². The van der Waals surface area contributed by atoms with Crippen molar-refractivity contribution in [1.82, 2.24) is 10.2 Å². The van der Waals surface area contributed by atoms with Gasteiger partial charge in [0.2, 0.25) is 5.91 Å². The highest BCUT2D eigenvalue weighted by atomic mass is 32.1. The molecule has 1 aliphatic heterocycles. The van der Waals surface area contributed by atoms with Crippen LogP contribution >= 0.6 is 11.3 Å². The highest BCUT2D eigenvalue weighted by Crippen LogP contribution is 2.13. The topological polar surface area (TPSA) is 58.4 Å². The molecule has 2 atom stereocenters. The monoisotopic (exact) mass is 267 g/mol. The maximum atomic E-state index is 11.8. The molecule has 0 spiro atoms. The van der Waals surface area contributed by atoms with Gasteiger partial charge in [-0.05, 0) is 23.8 Å². The fraction of sp³-hybridized carbons (Fsp3) is 0.615. The van der Waals surface area contributed by atoms with Gasteiger partial charge < -0.3 is 11.1 Å². The van der Waals surface area contributed by atoms with E-state index in [1.54, 1.807) is 11.3 Å². The Morgan fingerprint density at radius 1 is 1.61 bits per heavy atom. The molecule has 1 saturated heterocycles. The van der Waals surface area contributed by atoms with Crippen LogP contribution in [0.2, 0.25) is 0 Å². The first-order valence-electron chi connectivity index (χ1n) is 6.42. The maximum absolute atomic E-state index is 11.8. The van der Waals surface area contributed by atoms with Crippen LogP contribution in [-0.4, -0.2) is 43.0 Å². The lowest BCUT2D eigenvalue weighted by molar-refractivity contribution is -0.122. The van der Waals surface area contributed by atoms with E-state index in [0.29, 0.717) is 12.5 Å². The zero-order chi connectivity index (χ0) is 13.0. The van der Waals surface area contributed by atoms with Crippen LogP contribution in [0.3, 0.4) is 0 Å². The van der Waals surface area contributed by atoms with Crippen LogP contribution in [0, 0.1) is 5.92 Å². The van der Waals surface area contributed by atoms with Gasteiger partial charge >= 0.3 is 0 Å². The Morgan fingerprint density at radius 2 is 2.44 bits per heavy atom. The Kier molecular flexibility index (Phi) is 4.74. The summed E-state index contributed by atoms with van der Waals surface area (Å²) in [6.45, 7) is 5.09. The van der Waals surface area contributed by atoms with Gasteiger partial charge in [-0.25, -0.2) is 0 Å². The van der Waals surface area contributed by atoms with Gasteiger partial charge in [0.1, 0.15) is 0 Å². The van der Waals surface area contributed by atoms with Gasteiger partial charge in [0.25, 0.3) is 0 Å². The maximum Gasteiger partial charge on any atom is 0.234 e. The predicted molar refractivity (Wildman–Crippen MR) is 74.6 cm³/mol. The molecule has 1 aliphatic rings. The van der Waals surface area contributed by atoms with Crippen molar-refractivity contribution in [2.24, 2.45) is 11.7 Å². The molecule has 1 aromatic rings. The molecule has 1 fully saturated rings. The molecule has 0 aromatic carbocycles. The molecule has 0 radical (unpaired) electrons. The number of rotatable bonds is 5. The molecule has 2 rings (SSSR count). The number of hydrogen-bond donors (Lipinski definition) is 2. The minimum Gasteiger partial charge on any atom is -0.355 e. The van der Waals surface area contributed by atoms with Crippen molar-refractivity contribution >= 4 is 17.2 Å². The van der Waals surface area contributed by atoms with E-state index in [9.17, 15) is 4.79 Å². The number of hydrogen-bond acceptors (Lipinski definition) is 4. The molecule has 0 aliphatic carbocycles. The van der Waals surface area contributed by atoms with Gasteiger partial charge in [-0.2, -0.15) is 0 Å². The largest absolute Gasteiger partial charge is 0.355 e. The average Bonchev–Trinajstić information content (AvgIpc) is 2.90. The number of nitrogens with one attached hydrogen (secondary N) is 1. The van der Waals surface area contributed by atoms with E-state index >= 15 is 0 Å². The summed E-state index contributed by atoms with van der Waals surface area (Å²) in [5, 5.41) is 5.02. The first-order valence-corrected chi connectivity index (χ1v) is 7.30. The van der Waals surface area contributed by atoms with E-state index < -0.39 is 0 Å². The molecular weight excluding hydrogens is 246 g/mol. The summed E-state index contributed by atoms with van der Waals surface area (Å²) in [5.74, 6) is 0.594. The first kappa shape index (κ1) is 13.5. The Bertz CT molecular complexity index is 370. The number of amides is 1. The molecule has 1 amide bonds. The van der Waals surface area contributed by atoms with Crippen LogP contribution in [0.5, 0.6) is 0 Å². The number of nitrogens with zero attached hydrogens (tertiary/aromatic N) is 1. The van der Waals surface area contributed by atoms with Crippen LogP contribution in [0.1, 0.15) is 11.8 Å². The minimum absolute atomic E-state index is 0.104. The van der Waals surface area contributed by atoms with E-state index in [1.807, 2.05) is 6.07 Å². The van der Waals surface area contributed by atoms with E-state index in [2.05, 4.69) is 28.6 Å². The lowest BCUT2D eigenvalue weighted by Gasteiger charge is -2.14. The Labute approximate surface area is 112 Å². The summed E-state index contributed by atoms with van der Waals surface area (Å²) in [6, 6.07) is 4.34. The number of thiophene rings is 1. The van der Waals surface area contributed by atoms with E-state index in [0.717, 1.165) is 26.1 Å². The van der Waals surface area contributed by atoms with Gasteiger partial charge in [-0.3, -0.25) is 9.69 Å². The molecule has 0 bridgehead atoms. The quantitative estimate of drug-likeness (QED) is 0.825. The van der Waals surface area contributed by atoms with Crippen LogP contribution in [0.15, 0.2) is 17.5 Å². The summed E-state index contributed by atoms with van der Waals surface area (Å²) in [4.78, 5) is 15.2. The van der Waals surface area contributed by atoms with Gasteiger partial charge in [0.15, 0.2) is 0 Å². The Hall–Kier alpha value is -0.910. The lowest BCUT2D eigenvalue weighted by atomic mass is 10.1. The molecular formula is C13H21N3OS. The first-order chi connectivity index (χ1) is 8.65. The molecule has 100 valence electrons. The predicted octanol–water partition coefficient (Wildman–Crippen LogP) is 0.686.